The van der Waals surface area contributed by atoms with Gasteiger partial charge in [-0.25, -0.2) is 4.98 Å². The number of aryl methyl sites for hydroxylation is 2. The number of carbonyl (C=O) groups is 1. The van der Waals surface area contributed by atoms with Crippen LogP contribution in [0.4, 0.5) is 5.82 Å². The minimum absolute atomic E-state index is 0.201. The van der Waals surface area contributed by atoms with Crippen molar-refractivity contribution in [3.8, 4) is 0 Å². The van der Waals surface area contributed by atoms with Crippen LogP contribution in [-0.2, 0) is 9.53 Å². The first-order valence-corrected chi connectivity index (χ1v) is 5.33. The Bertz CT molecular complexity index is 366. The maximum absolute atomic E-state index is 11.1. The van der Waals surface area contributed by atoms with E-state index in [0.29, 0.717) is 19.6 Å². The molecule has 1 rings (SSSR count). The summed E-state index contributed by atoms with van der Waals surface area (Å²) in [5.74, 6) is 0.526. The van der Waals surface area contributed by atoms with Gasteiger partial charge in [-0.2, -0.15) is 0 Å². The standard InChI is InChI=1S/C11H17N3O2/c1-4-16-10(15)5-6-12-11-9(3)13-7-8(2)14-11/h7H,4-6H2,1-3H3,(H,12,14). The highest BCUT2D eigenvalue weighted by Crippen LogP contribution is 2.08. The molecule has 0 saturated heterocycles. The molecule has 0 aliphatic heterocycles. The van der Waals surface area contributed by atoms with Crippen LogP contribution in [0.1, 0.15) is 24.7 Å². The van der Waals surface area contributed by atoms with Crippen molar-refractivity contribution in [2.24, 2.45) is 0 Å². The van der Waals surface area contributed by atoms with Crippen molar-refractivity contribution in [2.75, 3.05) is 18.5 Å². The van der Waals surface area contributed by atoms with Gasteiger partial charge < -0.3 is 10.1 Å². The summed E-state index contributed by atoms with van der Waals surface area (Å²) >= 11 is 0. The molecule has 16 heavy (non-hydrogen) atoms. The van der Waals surface area contributed by atoms with Crippen LogP contribution < -0.4 is 5.32 Å². The van der Waals surface area contributed by atoms with Gasteiger partial charge in [0.15, 0.2) is 0 Å². The molecule has 5 heteroatoms. The van der Waals surface area contributed by atoms with Crippen molar-refractivity contribution < 1.29 is 9.53 Å². The number of hydrogen-bond donors (Lipinski definition) is 1. The molecule has 0 atom stereocenters. The lowest BCUT2D eigenvalue weighted by molar-refractivity contribution is -0.142. The van der Waals surface area contributed by atoms with E-state index in [1.165, 1.54) is 0 Å². The highest BCUT2D eigenvalue weighted by Gasteiger charge is 2.04. The molecule has 0 aromatic carbocycles. The molecule has 0 spiro atoms. The average molecular weight is 223 g/mol. The Morgan fingerprint density at radius 1 is 1.50 bits per heavy atom. The van der Waals surface area contributed by atoms with Gasteiger partial charge in [0.05, 0.1) is 24.4 Å². The summed E-state index contributed by atoms with van der Waals surface area (Å²) in [6.45, 7) is 6.48. The molecule has 0 unspecified atom stereocenters. The zero-order valence-corrected chi connectivity index (χ0v) is 9.91. The third kappa shape index (κ3) is 3.84. The number of aromatic nitrogens is 2. The van der Waals surface area contributed by atoms with E-state index in [1.54, 1.807) is 13.1 Å². The number of anilines is 1. The van der Waals surface area contributed by atoms with Crippen LogP contribution in [0, 0.1) is 13.8 Å². The van der Waals surface area contributed by atoms with Gasteiger partial charge in [0.25, 0.3) is 0 Å². The Labute approximate surface area is 95.3 Å². The number of carbonyl (C=O) groups excluding carboxylic acids is 1. The fourth-order valence-electron chi connectivity index (χ4n) is 1.22. The van der Waals surface area contributed by atoms with Crippen molar-refractivity contribution in [2.45, 2.75) is 27.2 Å². The number of esters is 1. The summed E-state index contributed by atoms with van der Waals surface area (Å²) in [4.78, 5) is 19.5. The molecule has 0 aliphatic carbocycles. The van der Waals surface area contributed by atoms with Crippen LogP contribution in [-0.4, -0.2) is 29.1 Å². The quantitative estimate of drug-likeness (QED) is 0.765. The summed E-state index contributed by atoms with van der Waals surface area (Å²) in [6, 6.07) is 0. The monoisotopic (exact) mass is 223 g/mol. The topological polar surface area (TPSA) is 64.1 Å². The van der Waals surface area contributed by atoms with E-state index >= 15 is 0 Å². The van der Waals surface area contributed by atoms with Gasteiger partial charge in [-0.05, 0) is 20.8 Å². The first-order chi connectivity index (χ1) is 7.63. The highest BCUT2D eigenvalue weighted by molar-refractivity contribution is 5.70. The number of hydrogen-bond acceptors (Lipinski definition) is 5. The maximum Gasteiger partial charge on any atom is 0.307 e. The zero-order chi connectivity index (χ0) is 12.0. The molecular formula is C11H17N3O2. The van der Waals surface area contributed by atoms with Gasteiger partial charge in [0.1, 0.15) is 5.82 Å². The second-order valence-corrected chi connectivity index (χ2v) is 3.43. The van der Waals surface area contributed by atoms with Crippen molar-refractivity contribution in [3.05, 3.63) is 17.6 Å². The number of ether oxygens (including phenoxy) is 1. The summed E-state index contributed by atoms with van der Waals surface area (Å²) in [6.07, 6.45) is 2.05. The lowest BCUT2D eigenvalue weighted by Crippen LogP contribution is -2.13. The van der Waals surface area contributed by atoms with E-state index in [2.05, 4.69) is 15.3 Å². The van der Waals surface area contributed by atoms with Gasteiger partial charge in [-0.1, -0.05) is 0 Å². The fraction of sp³-hybridized carbons (Fsp3) is 0.545. The highest BCUT2D eigenvalue weighted by atomic mass is 16.5. The third-order valence-corrected chi connectivity index (χ3v) is 2.00. The van der Waals surface area contributed by atoms with Gasteiger partial charge >= 0.3 is 5.97 Å². The lowest BCUT2D eigenvalue weighted by atomic mass is 10.4. The summed E-state index contributed by atoms with van der Waals surface area (Å²) in [5, 5.41) is 3.07. The molecule has 1 heterocycles. The third-order valence-electron chi connectivity index (χ3n) is 2.00. The van der Waals surface area contributed by atoms with Crippen LogP contribution in [0.25, 0.3) is 0 Å². The average Bonchev–Trinajstić information content (AvgIpc) is 2.23. The Balaban J connectivity index is 2.42. The van der Waals surface area contributed by atoms with E-state index < -0.39 is 0 Å². The largest absolute Gasteiger partial charge is 0.466 e. The van der Waals surface area contributed by atoms with Crippen LogP contribution in [0.5, 0.6) is 0 Å². The van der Waals surface area contributed by atoms with Gasteiger partial charge in [-0.15, -0.1) is 0 Å². The molecular weight excluding hydrogens is 206 g/mol. The fourth-order valence-corrected chi connectivity index (χ4v) is 1.22. The number of nitrogens with one attached hydrogen (secondary N) is 1. The van der Waals surface area contributed by atoms with Crippen molar-refractivity contribution in [1.29, 1.82) is 0 Å². The van der Waals surface area contributed by atoms with Crippen molar-refractivity contribution in [1.82, 2.24) is 9.97 Å². The summed E-state index contributed by atoms with van der Waals surface area (Å²) in [7, 11) is 0. The van der Waals surface area contributed by atoms with E-state index in [0.717, 1.165) is 17.2 Å². The van der Waals surface area contributed by atoms with Crippen LogP contribution in [0.15, 0.2) is 6.20 Å². The van der Waals surface area contributed by atoms with E-state index in [-0.39, 0.29) is 5.97 Å². The first-order valence-electron chi connectivity index (χ1n) is 5.33. The molecule has 88 valence electrons. The van der Waals surface area contributed by atoms with E-state index in [4.69, 9.17) is 4.74 Å². The molecule has 0 bridgehead atoms. The Hall–Kier alpha value is -1.65. The number of nitrogens with zero attached hydrogens (tertiary/aromatic N) is 2. The number of rotatable bonds is 5. The predicted molar refractivity (Wildman–Crippen MR) is 61.2 cm³/mol. The van der Waals surface area contributed by atoms with E-state index in [9.17, 15) is 4.79 Å². The molecule has 0 radical (unpaired) electrons. The minimum Gasteiger partial charge on any atom is -0.466 e. The van der Waals surface area contributed by atoms with Crippen LogP contribution in [0.2, 0.25) is 0 Å². The molecule has 1 N–H and O–H groups in total. The van der Waals surface area contributed by atoms with Gasteiger partial charge in [0.2, 0.25) is 0 Å². The van der Waals surface area contributed by atoms with Crippen LogP contribution in [0.3, 0.4) is 0 Å². The molecule has 1 aromatic heterocycles. The molecule has 0 amide bonds. The summed E-state index contributed by atoms with van der Waals surface area (Å²) < 4.78 is 4.82. The van der Waals surface area contributed by atoms with Gasteiger partial charge in [0, 0.05) is 12.7 Å². The predicted octanol–water partition coefficient (Wildman–Crippen LogP) is 1.46. The minimum atomic E-state index is -0.201. The molecule has 0 saturated carbocycles. The SMILES string of the molecule is CCOC(=O)CCNc1nc(C)cnc1C. The van der Waals surface area contributed by atoms with Crippen molar-refractivity contribution in [3.63, 3.8) is 0 Å². The Morgan fingerprint density at radius 2 is 2.25 bits per heavy atom. The lowest BCUT2D eigenvalue weighted by Gasteiger charge is -2.08. The zero-order valence-electron chi connectivity index (χ0n) is 9.91. The normalized spacial score (nSPS) is 9.94. The van der Waals surface area contributed by atoms with Crippen LogP contribution >= 0.6 is 0 Å². The second-order valence-electron chi connectivity index (χ2n) is 3.43. The summed E-state index contributed by atoms with van der Waals surface area (Å²) in [5.41, 5.74) is 1.68. The molecule has 0 fully saturated rings. The Morgan fingerprint density at radius 3 is 2.94 bits per heavy atom. The first kappa shape index (κ1) is 12.4. The smallest absolute Gasteiger partial charge is 0.307 e. The maximum atomic E-state index is 11.1. The molecule has 5 nitrogen and oxygen atoms in total. The van der Waals surface area contributed by atoms with E-state index in [1.807, 2.05) is 13.8 Å². The Kier molecular flexibility index (Phi) is 4.69. The molecule has 1 aromatic rings. The van der Waals surface area contributed by atoms with Gasteiger partial charge in [-0.3, -0.25) is 9.78 Å². The second kappa shape index (κ2) is 6.05. The van der Waals surface area contributed by atoms with Crippen molar-refractivity contribution >= 4 is 11.8 Å². The molecule has 0 aliphatic rings.